The van der Waals surface area contributed by atoms with E-state index in [2.05, 4.69) is 9.97 Å². The van der Waals surface area contributed by atoms with Crippen LogP contribution in [0.1, 0.15) is 31.9 Å². The number of halogens is 3. The summed E-state index contributed by atoms with van der Waals surface area (Å²) in [6.45, 7) is 3.75. The van der Waals surface area contributed by atoms with Crippen LogP contribution in [0, 0.1) is 17.8 Å². The Morgan fingerprint density at radius 3 is 2.50 bits per heavy atom. The van der Waals surface area contributed by atoms with E-state index in [1.165, 1.54) is 0 Å². The van der Waals surface area contributed by atoms with Gasteiger partial charge in [0.05, 0.1) is 0 Å². The van der Waals surface area contributed by atoms with Crippen molar-refractivity contribution in [1.82, 2.24) is 9.97 Å². The van der Waals surface area contributed by atoms with Crippen molar-refractivity contribution in [2.45, 2.75) is 38.4 Å². The molecule has 1 aromatic rings. The number of aromatic nitrogens is 2. The van der Waals surface area contributed by atoms with Crippen molar-refractivity contribution in [3.05, 3.63) is 11.8 Å². The fraction of sp³-hybridized carbons (Fsp3) is 0.765. The van der Waals surface area contributed by atoms with E-state index in [9.17, 15) is 21.9 Å². The van der Waals surface area contributed by atoms with E-state index in [1.807, 2.05) is 16.7 Å². The van der Waals surface area contributed by atoms with Gasteiger partial charge in [-0.25, -0.2) is 4.98 Å². The largest absolute Gasteiger partial charge is 1.00 e. The summed E-state index contributed by atoms with van der Waals surface area (Å²) in [4.78, 5) is 12.0. The number of hydrogen-bond donors (Lipinski definition) is 0. The van der Waals surface area contributed by atoms with Gasteiger partial charge >= 0.3 is 35.7 Å². The Labute approximate surface area is 186 Å². The predicted octanol–water partition coefficient (Wildman–Crippen LogP) is -0.560. The van der Waals surface area contributed by atoms with E-state index in [0.29, 0.717) is 25.5 Å². The maximum absolute atomic E-state index is 13.4. The molecule has 3 heterocycles. The minimum atomic E-state index is -4.53. The van der Waals surface area contributed by atoms with Crippen molar-refractivity contribution >= 4 is 22.8 Å². The van der Waals surface area contributed by atoms with Crippen LogP contribution in [-0.2, 0) is 17.3 Å². The van der Waals surface area contributed by atoms with Crippen molar-refractivity contribution in [3.8, 4) is 0 Å². The van der Waals surface area contributed by atoms with Crippen LogP contribution in [0.15, 0.2) is 6.07 Å². The minimum absolute atomic E-state index is 0. The molecule has 0 amide bonds. The smallest absolute Gasteiger partial charge is 0.772 e. The maximum Gasteiger partial charge on any atom is 1.00 e. The average Bonchev–Trinajstić information content (AvgIpc) is 3.03. The molecule has 0 aromatic carbocycles. The monoisotopic (exact) mass is 426 g/mol. The third-order valence-corrected chi connectivity index (χ3v) is 6.73. The van der Waals surface area contributed by atoms with Crippen LogP contribution >= 0.6 is 0 Å². The molecular formula is C17H22F3N4NaO2S. The zero-order chi connectivity index (χ0) is 19.3. The second kappa shape index (κ2) is 8.37. The fourth-order valence-electron chi connectivity index (χ4n) is 4.49. The van der Waals surface area contributed by atoms with E-state index in [1.54, 1.807) is 0 Å². The minimum Gasteiger partial charge on any atom is -0.772 e. The molecule has 4 rings (SSSR count). The third kappa shape index (κ3) is 4.50. The zero-order valence-corrected chi connectivity index (χ0v) is 18.8. The number of nitrogens with zero attached hydrogens (tertiary/aromatic N) is 4. The number of piperidine rings is 2. The van der Waals surface area contributed by atoms with E-state index in [4.69, 9.17) is 0 Å². The number of fused-ring (bicyclic) bond motifs is 1. The Morgan fingerprint density at radius 1 is 1.25 bits per heavy atom. The maximum atomic E-state index is 13.4. The second-order valence-corrected chi connectivity index (χ2v) is 8.76. The molecular weight excluding hydrogens is 404 g/mol. The van der Waals surface area contributed by atoms with Gasteiger partial charge in [-0.1, -0.05) is 11.1 Å². The molecule has 3 aliphatic rings. The van der Waals surface area contributed by atoms with Gasteiger partial charge in [0.25, 0.3) is 0 Å². The first-order valence-corrected chi connectivity index (χ1v) is 10.5. The predicted molar refractivity (Wildman–Crippen MR) is 94.2 cm³/mol. The molecule has 6 nitrogen and oxygen atoms in total. The number of rotatable bonds is 4. The SMILES string of the molecule is C[C@H]1CCCCN1c1nc(N2C[C@@H]3C(CS(=O)[O-])[C@@H]3C2)cc(C(F)(F)F)n1.[Na+]. The van der Waals surface area contributed by atoms with Crippen LogP contribution in [0.3, 0.4) is 0 Å². The Balaban J connectivity index is 0.00000225. The summed E-state index contributed by atoms with van der Waals surface area (Å²) in [6, 6.07) is 1.13. The number of anilines is 2. The van der Waals surface area contributed by atoms with Gasteiger partial charge in [-0.3, -0.25) is 4.21 Å². The van der Waals surface area contributed by atoms with Crippen LogP contribution in [0.4, 0.5) is 24.9 Å². The van der Waals surface area contributed by atoms with Gasteiger partial charge in [-0.05, 0) is 43.9 Å². The zero-order valence-electron chi connectivity index (χ0n) is 16.0. The second-order valence-electron chi connectivity index (χ2n) is 7.81. The molecule has 2 aliphatic heterocycles. The van der Waals surface area contributed by atoms with Crippen molar-refractivity contribution in [1.29, 1.82) is 0 Å². The molecule has 3 fully saturated rings. The van der Waals surface area contributed by atoms with Gasteiger partial charge < -0.3 is 14.4 Å². The van der Waals surface area contributed by atoms with Crippen molar-refractivity contribution in [2.24, 2.45) is 17.8 Å². The normalized spacial score (nSPS) is 30.6. The Hall–Kier alpha value is -0.420. The Kier molecular flexibility index (Phi) is 6.66. The summed E-state index contributed by atoms with van der Waals surface area (Å²) < 4.78 is 61.9. The fourth-order valence-corrected chi connectivity index (χ4v) is 5.30. The molecule has 0 spiro atoms. The van der Waals surface area contributed by atoms with Crippen molar-refractivity contribution in [2.75, 3.05) is 35.2 Å². The summed E-state index contributed by atoms with van der Waals surface area (Å²) in [5, 5.41) is 0. The first-order chi connectivity index (χ1) is 12.7. The van der Waals surface area contributed by atoms with Crippen LogP contribution in [0.5, 0.6) is 0 Å². The molecule has 0 radical (unpaired) electrons. The number of alkyl halides is 3. The molecule has 5 atom stereocenters. The Morgan fingerprint density at radius 2 is 1.93 bits per heavy atom. The van der Waals surface area contributed by atoms with E-state index in [0.717, 1.165) is 25.3 Å². The topological polar surface area (TPSA) is 72.4 Å². The van der Waals surface area contributed by atoms with Crippen LogP contribution < -0.4 is 39.4 Å². The number of hydrogen-bond acceptors (Lipinski definition) is 6. The van der Waals surface area contributed by atoms with Crippen LogP contribution in [0.2, 0.25) is 0 Å². The molecule has 150 valence electrons. The molecule has 0 N–H and O–H groups in total. The molecule has 2 saturated heterocycles. The third-order valence-electron chi connectivity index (χ3n) is 6.08. The summed E-state index contributed by atoms with van der Waals surface area (Å²) in [6.07, 6.45) is -1.64. The quantitative estimate of drug-likeness (QED) is 0.475. The van der Waals surface area contributed by atoms with Gasteiger partial charge in [0.1, 0.15) is 5.82 Å². The average molecular weight is 426 g/mol. The van der Waals surface area contributed by atoms with Gasteiger partial charge in [0.15, 0.2) is 5.69 Å². The first-order valence-electron chi connectivity index (χ1n) is 9.28. The summed E-state index contributed by atoms with van der Waals surface area (Å²) in [5.74, 6) is 1.15. The van der Waals surface area contributed by atoms with Gasteiger partial charge in [0.2, 0.25) is 5.95 Å². The molecule has 0 bridgehead atoms. The molecule has 2 unspecified atom stereocenters. The molecule has 1 aromatic heterocycles. The first kappa shape index (κ1) is 22.3. The van der Waals surface area contributed by atoms with Gasteiger partial charge in [-0.2, -0.15) is 18.2 Å². The van der Waals surface area contributed by atoms with E-state index >= 15 is 0 Å². The standard InChI is InChI=1S/C17H23F3N4O2S.Na/c1-10-4-2-3-5-24(10)16-21-14(17(18,19)20)6-15(22-16)23-7-11-12(8-23)13(11)9-27(25)26;/h6,10-13H,2-5,7-9H2,1H3,(H,25,26);/q;+1/p-1/t10-,11-,12+,13?;/m0./s1. The van der Waals surface area contributed by atoms with Crippen molar-refractivity contribution in [3.63, 3.8) is 0 Å². The summed E-state index contributed by atoms with van der Waals surface area (Å²) >= 11 is -2.07. The van der Waals surface area contributed by atoms with Gasteiger partial charge in [0, 0.05) is 37.5 Å². The summed E-state index contributed by atoms with van der Waals surface area (Å²) in [7, 11) is 0. The van der Waals surface area contributed by atoms with Crippen molar-refractivity contribution < 1.29 is 51.5 Å². The molecule has 11 heteroatoms. The molecule has 1 aliphatic carbocycles. The molecule has 1 saturated carbocycles. The van der Waals surface area contributed by atoms with Gasteiger partial charge in [-0.15, -0.1) is 0 Å². The van der Waals surface area contributed by atoms with E-state index < -0.39 is 23.0 Å². The summed E-state index contributed by atoms with van der Waals surface area (Å²) in [5.41, 5.74) is -0.918. The molecule has 28 heavy (non-hydrogen) atoms. The Bertz CT molecular complexity index is 742. The van der Waals surface area contributed by atoms with Crippen LogP contribution in [-0.4, -0.2) is 50.2 Å². The van der Waals surface area contributed by atoms with E-state index in [-0.39, 0.29) is 65.1 Å². The van der Waals surface area contributed by atoms with Crippen LogP contribution in [0.25, 0.3) is 0 Å².